The van der Waals surface area contributed by atoms with Crippen molar-refractivity contribution in [1.29, 1.82) is 0 Å². The molecule has 3 aromatic carbocycles. The Hall–Kier alpha value is -2.75. The lowest BCUT2D eigenvalue weighted by atomic mass is 10.2. The number of fused-ring (bicyclic) bond motifs is 1. The Bertz CT molecular complexity index is 1560. The number of ether oxygens (including phenoxy) is 2. The number of halogens is 4. The maximum atomic E-state index is 14.1. The van der Waals surface area contributed by atoms with Gasteiger partial charge in [-0.25, -0.2) is 9.37 Å². The van der Waals surface area contributed by atoms with Gasteiger partial charge in [-0.15, -0.1) is 0 Å². The zero-order valence-electron chi connectivity index (χ0n) is 20.8. The number of hydrogen-bond acceptors (Lipinski definition) is 5. The van der Waals surface area contributed by atoms with E-state index in [0.717, 1.165) is 17.3 Å². The predicted molar refractivity (Wildman–Crippen MR) is 156 cm³/mol. The number of aromatic nitrogens is 2. The molecule has 0 unspecified atom stereocenters. The van der Waals surface area contributed by atoms with Crippen LogP contribution < -0.4 is 15.0 Å². The van der Waals surface area contributed by atoms with Crippen molar-refractivity contribution < 1.29 is 13.9 Å². The van der Waals surface area contributed by atoms with E-state index in [4.69, 9.17) is 26.1 Å². The Morgan fingerprint density at radius 2 is 1.92 bits per heavy atom. The van der Waals surface area contributed by atoms with E-state index in [1.807, 2.05) is 19.1 Å². The first-order valence-electron chi connectivity index (χ1n) is 12.1. The maximum Gasteiger partial charge on any atom is 0.282 e. The van der Waals surface area contributed by atoms with Gasteiger partial charge >= 0.3 is 0 Å². The fourth-order valence-electron chi connectivity index (χ4n) is 3.79. The molecule has 4 rings (SSSR count). The number of aryl methyl sites for hydroxylation is 1. The third-order valence-corrected chi connectivity index (χ3v) is 7.66. The van der Waals surface area contributed by atoms with Crippen LogP contribution >= 0.6 is 43.5 Å². The molecule has 0 spiro atoms. The summed E-state index contributed by atoms with van der Waals surface area (Å²) in [5.41, 5.74) is 1.31. The van der Waals surface area contributed by atoms with Gasteiger partial charge in [0.15, 0.2) is 11.5 Å². The van der Waals surface area contributed by atoms with E-state index < -0.39 is 0 Å². The second-order valence-electron chi connectivity index (χ2n) is 8.39. The van der Waals surface area contributed by atoms with E-state index in [1.54, 1.807) is 30.3 Å². The average Bonchev–Trinajstić information content (AvgIpc) is 2.90. The summed E-state index contributed by atoms with van der Waals surface area (Å²) in [6, 6.07) is 13.5. The maximum absolute atomic E-state index is 14.1. The lowest BCUT2D eigenvalue weighted by Crippen LogP contribution is -2.22. The summed E-state index contributed by atoms with van der Waals surface area (Å²) in [7, 11) is 0. The quantitative estimate of drug-likeness (QED) is 0.162. The molecule has 0 radical (unpaired) electrons. The van der Waals surface area contributed by atoms with Crippen LogP contribution in [0, 0.1) is 5.82 Å². The molecular weight excluding hydrogens is 641 g/mol. The summed E-state index contributed by atoms with van der Waals surface area (Å²) < 4.78 is 28.4. The van der Waals surface area contributed by atoms with Crippen molar-refractivity contribution >= 4 is 60.6 Å². The van der Waals surface area contributed by atoms with Crippen molar-refractivity contribution in [3.8, 4) is 11.5 Å². The van der Waals surface area contributed by atoms with Gasteiger partial charge in [-0.1, -0.05) is 59.1 Å². The van der Waals surface area contributed by atoms with Gasteiger partial charge in [0.25, 0.3) is 5.56 Å². The number of benzene rings is 3. The van der Waals surface area contributed by atoms with E-state index >= 15 is 0 Å². The highest BCUT2D eigenvalue weighted by Crippen LogP contribution is 2.42. The van der Waals surface area contributed by atoms with Crippen molar-refractivity contribution in [2.75, 3.05) is 6.61 Å². The highest BCUT2D eigenvalue weighted by atomic mass is 79.9. The Morgan fingerprint density at radius 3 is 2.66 bits per heavy atom. The van der Waals surface area contributed by atoms with Crippen LogP contribution in [-0.4, -0.2) is 22.5 Å². The number of rotatable bonds is 10. The molecule has 0 aliphatic carbocycles. The van der Waals surface area contributed by atoms with Crippen molar-refractivity contribution in [3.05, 3.63) is 95.6 Å². The summed E-state index contributed by atoms with van der Waals surface area (Å²) in [5.74, 6) is 0.848. The zero-order valence-corrected chi connectivity index (χ0v) is 24.7. The molecule has 0 saturated heterocycles. The van der Waals surface area contributed by atoms with Crippen molar-refractivity contribution in [2.24, 2.45) is 5.10 Å². The molecule has 1 aromatic heterocycles. The molecule has 1 heterocycles. The molecule has 0 atom stereocenters. The van der Waals surface area contributed by atoms with Crippen molar-refractivity contribution in [2.45, 2.75) is 39.7 Å². The molecule has 0 bridgehead atoms. The molecule has 0 aliphatic rings. The Kier molecular flexibility index (Phi) is 9.57. The number of nitrogens with zero attached hydrogens (tertiary/aromatic N) is 3. The first-order chi connectivity index (χ1) is 18.3. The van der Waals surface area contributed by atoms with Gasteiger partial charge in [-0.05, 0) is 59.6 Å². The van der Waals surface area contributed by atoms with Gasteiger partial charge in [0.1, 0.15) is 23.3 Å². The molecule has 0 N–H and O–H groups in total. The average molecular weight is 666 g/mol. The van der Waals surface area contributed by atoms with Crippen LogP contribution in [0.15, 0.2) is 67.4 Å². The minimum atomic E-state index is -0.371. The van der Waals surface area contributed by atoms with E-state index in [9.17, 15) is 9.18 Å². The fourth-order valence-corrected chi connectivity index (χ4v) is 4.81. The van der Waals surface area contributed by atoms with E-state index in [2.05, 4.69) is 43.9 Å². The number of unbranched alkanes of at least 4 members (excludes halogenated alkanes) is 1. The minimum absolute atomic E-state index is 0.0269. The lowest BCUT2D eigenvalue weighted by molar-refractivity contribution is 0.266. The Morgan fingerprint density at radius 1 is 1.13 bits per heavy atom. The van der Waals surface area contributed by atoms with Crippen LogP contribution in [0.5, 0.6) is 11.5 Å². The summed E-state index contributed by atoms with van der Waals surface area (Å²) in [6.45, 7) is 4.24. The van der Waals surface area contributed by atoms with Gasteiger partial charge in [0, 0.05) is 26.5 Å². The van der Waals surface area contributed by atoms with Crippen LogP contribution in [-0.2, 0) is 13.0 Å². The van der Waals surface area contributed by atoms with E-state index in [0.29, 0.717) is 51.1 Å². The molecule has 0 saturated carbocycles. The Balaban J connectivity index is 1.75. The largest absolute Gasteiger partial charge is 0.490 e. The zero-order chi connectivity index (χ0) is 27.2. The summed E-state index contributed by atoms with van der Waals surface area (Å²) in [6.07, 6.45) is 3.94. The molecule has 6 nitrogen and oxygen atoms in total. The third-order valence-electron chi connectivity index (χ3n) is 5.73. The highest BCUT2D eigenvalue weighted by Gasteiger charge is 2.19. The van der Waals surface area contributed by atoms with Crippen LogP contribution in [0.1, 0.15) is 43.6 Å². The fraction of sp³-hybridized carbons (Fsp3) is 0.250. The SMILES string of the molecule is CCCCc1nc2ccc(Br)cc2c(=O)n1N=Cc1cc(OCC)c(OCc2ccccc2F)c(Cl)c1Br. The monoisotopic (exact) mass is 663 g/mol. The predicted octanol–water partition coefficient (Wildman–Crippen LogP) is 7.92. The summed E-state index contributed by atoms with van der Waals surface area (Å²) in [4.78, 5) is 18.1. The van der Waals surface area contributed by atoms with Crippen LogP contribution in [0.3, 0.4) is 0 Å². The molecule has 0 aliphatic heterocycles. The van der Waals surface area contributed by atoms with Crippen LogP contribution in [0.4, 0.5) is 4.39 Å². The standard InChI is InChI=1S/C28H25Br2ClFN3O3/c1-3-5-10-24-34-22-12-11-19(29)14-20(22)28(36)35(24)33-15-18-13-23(37-4-2)27(26(31)25(18)30)38-16-17-8-6-7-9-21(17)32/h6-9,11-15H,3-5,10,16H2,1-2H3. The van der Waals surface area contributed by atoms with Gasteiger partial charge in [-0.2, -0.15) is 9.78 Å². The third kappa shape index (κ3) is 6.27. The molecular formula is C28H25Br2ClFN3O3. The molecule has 10 heteroatoms. The second-order valence-corrected chi connectivity index (χ2v) is 10.5. The van der Waals surface area contributed by atoms with Crippen molar-refractivity contribution in [3.63, 3.8) is 0 Å². The molecule has 4 aromatic rings. The van der Waals surface area contributed by atoms with Gasteiger partial charge in [0.05, 0.1) is 23.7 Å². The molecule has 198 valence electrons. The first kappa shape index (κ1) is 28.3. The lowest BCUT2D eigenvalue weighted by Gasteiger charge is -2.16. The molecule has 0 amide bonds. The van der Waals surface area contributed by atoms with Gasteiger partial charge in [-0.3, -0.25) is 4.79 Å². The molecule has 0 fully saturated rings. The van der Waals surface area contributed by atoms with Crippen LogP contribution in [0.2, 0.25) is 5.02 Å². The first-order valence-corrected chi connectivity index (χ1v) is 14.1. The second kappa shape index (κ2) is 12.9. The Labute approximate surface area is 241 Å². The van der Waals surface area contributed by atoms with E-state index in [1.165, 1.54) is 17.0 Å². The topological polar surface area (TPSA) is 65.7 Å². The summed E-state index contributed by atoms with van der Waals surface area (Å²) >= 11 is 13.6. The van der Waals surface area contributed by atoms with E-state index in [-0.39, 0.29) is 28.8 Å². The van der Waals surface area contributed by atoms with Gasteiger partial charge < -0.3 is 9.47 Å². The normalized spacial score (nSPS) is 11.4. The van der Waals surface area contributed by atoms with Gasteiger partial charge in [0.2, 0.25) is 0 Å². The smallest absolute Gasteiger partial charge is 0.282 e. The van der Waals surface area contributed by atoms with Crippen LogP contribution in [0.25, 0.3) is 10.9 Å². The minimum Gasteiger partial charge on any atom is -0.490 e. The van der Waals surface area contributed by atoms with Crippen molar-refractivity contribution in [1.82, 2.24) is 9.66 Å². The summed E-state index contributed by atoms with van der Waals surface area (Å²) in [5, 5.41) is 5.22. The number of hydrogen-bond donors (Lipinski definition) is 0. The molecule has 38 heavy (non-hydrogen) atoms. The highest BCUT2D eigenvalue weighted by molar-refractivity contribution is 9.10.